The van der Waals surface area contributed by atoms with Gasteiger partial charge in [0.2, 0.25) is 0 Å². The third kappa shape index (κ3) is 3.17. The highest BCUT2D eigenvalue weighted by molar-refractivity contribution is 5.96. The molecule has 0 radical (unpaired) electrons. The maximum Gasteiger partial charge on any atom is 0.321 e. The molecule has 15 heavy (non-hydrogen) atoms. The van der Waals surface area contributed by atoms with Crippen LogP contribution in [0.2, 0.25) is 0 Å². The van der Waals surface area contributed by atoms with Crippen molar-refractivity contribution in [3.63, 3.8) is 0 Å². The van der Waals surface area contributed by atoms with E-state index in [1.165, 1.54) is 7.05 Å². The van der Waals surface area contributed by atoms with Crippen LogP contribution < -0.4 is 16.0 Å². The minimum Gasteiger partial charge on any atom is -0.360 e. The third-order valence-corrected chi connectivity index (χ3v) is 2.29. The molecule has 1 saturated heterocycles. The molecule has 0 spiro atoms. The lowest BCUT2D eigenvalue weighted by Crippen LogP contribution is -2.61. The van der Waals surface area contributed by atoms with Crippen LogP contribution in [0.15, 0.2) is 0 Å². The van der Waals surface area contributed by atoms with Crippen molar-refractivity contribution in [3.05, 3.63) is 0 Å². The van der Waals surface area contributed by atoms with Gasteiger partial charge in [-0.2, -0.15) is 0 Å². The Morgan fingerprint density at radius 3 is 2.47 bits per heavy atom. The lowest BCUT2D eigenvalue weighted by atomic mass is 10.00. The van der Waals surface area contributed by atoms with Crippen LogP contribution in [-0.4, -0.2) is 43.8 Å². The van der Waals surface area contributed by atoms with E-state index in [9.17, 15) is 9.59 Å². The fourth-order valence-corrected chi connectivity index (χ4v) is 1.32. The molecule has 1 atom stereocenters. The highest BCUT2D eigenvalue weighted by Crippen LogP contribution is 2.17. The summed E-state index contributed by atoms with van der Waals surface area (Å²) in [6, 6.07) is -0.521. The molecule has 0 aromatic heterocycles. The molecule has 86 valence electrons. The fraction of sp³-hybridized carbons (Fsp3) is 0.778. The summed E-state index contributed by atoms with van der Waals surface area (Å²) in [7, 11) is 1.45. The Labute approximate surface area is 88.7 Å². The summed E-state index contributed by atoms with van der Waals surface area (Å²) in [5.74, 6) is -0.428. The van der Waals surface area contributed by atoms with E-state index >= 15 is 0 Å². The molecule has 1 rings (SSSR count). The quantitative estimate of drug-likeness (QED) is 0.576. The molecule has 6 heteroatoms. The van der Waals surface area contributed by atoms with Crippen LogP contribution in [0.4, 0.5) is 4.79 Å². The Morgan fingerprint density at radius 2 is 2.07 bits per heavy atom. The highest BCUT2D eigenvalue weighted by Gasteiger charge is 2.35. The smallest absolute Gasteiger partial charge is 0.321 e. The molecule has 3 amide bonds. The standard InChI is InChI=1S/C9H17N3O3/c1-6(7(13)12-8(14)10-3)15-9(2)4-11-5-9/h6,11H,4-5H2,1-3H3,(H2,10,12,13,14). The van der Waals surface area contributed by atoms with Crippen LogP contribution >= 0.6 is 0 Å². The molecule has 1 unspecified atom stereocenters. The molecule has 1 fully saturated rings. The van der Waals surface area contributed by atoms with Crippen LogP contribution in [0.3, 0.4) is 0 Å². The van der Waals surface area contributed by atoms with E-state index in [1.807, 2.05) is 6.92 Å². The van der Waals surface area contributed by atoms with E-state index < -0.39 is 18.0 Å². The zero-order valence-corrected chi connectivity index (χ0v) is 9.22. The Morgan fingerprint density at radius 1 is 1.47 bits per heavy atom. The molecule has 0 aliphatic carbocycles. The summed E-state index contributed by atoms with van der Waals surface area (Å²) < 4.78 is 5.53. The van der Waals surface area contributed by atoms with Gasteiger partial charge in [-0.25, -0.2) is 4.79 Å². The number of imide groups is 1. The van der Waals surface area contributed by atoms with Crippen molar-refractivity contribution in [2.45, 2.75) is 25.6 Å². The van der Waals surface area contributed by atoms with Gasteiger partial charge in [0, 0.05) is 20.1 Å². The first-order chi connectivity index (χ1) is 6.97. The summed E-state index contributed by atoms with van der Waals surface area (Å²) in [4.78, 5) is 22.3. The van der Waals surface area contributed by atoms with Gasteiger partial charge in [0.25, 0.3) is 5.91 Å². The fourth-order valence-electron chi connectivity index (χ4n) is 1.32. The van der Waals surface area contributed by atoms with Gasteiger partial charge in [-0.1, -0.05) is 0 Å². The SMILES string of the molecule is CNC(=O)NC(=O)C(C)OC1(C)CNC1. The van der Waals surface area contributed by atoms with Crippen LogP contribution in [0, 0.1) is 0 Å². The normalized spacial score (nSPS) is 19.9. The average Bonchev–Trinajstić information content (AvgIpc) is 2.14. The van der Waals surface area contributed by atoms with Gasteiger partial charge in [0.1, 0.15) is 6.10 Å². The Hall–Kier alpha value is -1.14. The molecule has 1 aliphatic rings. The minimum atomic E-state index is -0.630. The molecular weight excluding hydrogens is 198 g/mol. The van der Waals surface area contributed by atoms with E-state index in [2.05, 4.69) is 16.0 Å². The van der Waals surface area contributed by atoms with Crippen molar-refractivity contribution in [2.24, 2.45) is 0 Å². The lowest BCUT2D eigenvalue weighted by molar-refractivity contribution is -0.148. The number of rotatable bonds is 3. The molecule has 0 bridgehead atoms. The summed E-state index contributed by atoms with van der Waals surface area (Å²) in [5, 5.41) is 7.53. The van der Waals surface area contributed by atoms with Crippen molar-refractivity contribution in [3.8, 4) is 0 Å². The van der Waals surface area contributed by atoms with Gasteiger partial charge in [0.15, 0.2) is 0 Å². The zero-order chi connectivity index (χ0) is 11.5. The first kappa shape index (κ1) is 11.9. The van der Waals surface area contributed by atoms with Gasteiger partial charge < -0.3 is 15.4 Å². The van der Waals surface area contributed by atoms with Gasteiger partial charge in [-0.15, -0.1) is 0 Å². The summed E-state index contributed by atoms with van der Waals surface area (Å²) in [6.45, 7) is 5.00. The lowest BCUT2D eigenvalue weighted by Gasteiger charge is -2.40. The van der Waals surface area contributed by atoms with Gasteiger partial charge in [-0.3, -0.25) is 10.1 Å². The Kier molecular flexibility index (Phi) is 3.65. The second-order valence-electron chi connectivity index (χ2n) is 3.88. The summed E-state index contributed by atoms with van der Waals surface area (Å²) in [6.07, 6.45) is -0.630. The van der Waals surface area contributed by atoms with Crippen molar-refractivity contribution in [2.75, 3.05) is 20.1 Å². The predicted molar refractivity (Wildman–Crippen MR) is 54.4 cm³/mol. The molecular formula is C9H17N3O3. The van der Waals surface area contributed by atoms with Gasteiger partial charge in [0.05, 0.1) is 5.60 Å². The van der Waals surface area contributed by atoms with Crippen molar-refractivity contribution in [1.82, 2.24) is 16.0 Å². The van der Waals surface area contributed by atoms with E-state index in [1.54, 1.807) is 6.92 Å². The molecule has 0 saturated carbocycles. The van der Waals surface area contributed by atoms with Crippen molar-refractivity contribution >= 4 is 11.9 Å². The zero-order valence-electron chi connectivity index (χ0n) is 9.22. The van der Waals surface area contributed by atoms with Crippen molar-refractivity contribution in [1.29, 1.82) is 0 Å². The Bertz CT molecular complexity index is 263. The molecule has 0 aromatic carbocycles. The molecule has 1 aliphatic heterocycles. The topological polar surface area (TPSA) is 79.5 Å². The number of nitrogens with one attached hydrogen (secondary N) is 3. The monoisotopic (exact) mass is 215 g/mol. The maximum absolute atomic E-state index is 11.4. The molecule has 3 N–H and O–H groups in total. The van der Waals surface area contributed by atoms with Crippen LogP contribution in [-0.2, 0) is 9.53 Å². The van der Waals surface area contributed by atoms with E-state index in [4.69, 9.17) is 4.74 Å². The first-order valence-electron chi connectivity index (χ1n) is 4.88. The molecule has 6 nitrogen and oxygen atoms in total. The molecule has 0 aromatic rings. The van der Waals surface area contributed by atoms with E-state index in [-0.39, 0.29) is 5.60 Å². The second-order valence-corrected chi connectivity index (χ2v) is 3.88. The first-order valence-corrected chi connectivity index (χ1v) is 4.88. The summed E-state index contributed by atoms with van der Waals surface area (Å²) in [5.41, 5.74) is -0.292. The number of amides is 3. The van der Waals surface area contributed by atoms with Gasteiger partial charge in [-0.05, 0) is 13.8 Å². The van der Waals surface area contributed by atoms with Crippen LogP contribution in [0.5, 0.6) is 0 Å². The van der Waals surface area contributed by atoms with Crippen LogP contribution in [0.1, 0.15) is 13.8 Å². The van der Waals surface area contributed by atoms with Gasteiger partial charge >= 0.3 is 6.03 Å². The second kappa shape index (κ2) is 4.59. The van der Waals surface area contributed by atoms with E-state index in [0.717, 1.165) is 13.1 Å². The number of carbonyl (C=O) groups is 2. The maximum atomic E-state index is 11.4. The van der Waals surface area contributed by atoms with E-state index in [0.29, 0.717) is 0 Å². The highest BCUT2D eigenvalue weighted by atomic mass is 16.5. The molecule has 1 heterocycles. The number of urea groups is 1. The van der Waals surface area contributed by atoms with Crippen LogP contribution in [0.25, 0.3) is 0 Å². The number of carbonyl (C=O) groups excluding carboxylic acids is 2. The minimum absolute atomic E-state index is 0.292. The predicted octanol–water partition coefficient (Wildman–Crippen LogP) is -0.791. The average molecular weight is 215 g/mol. The summed E-state index contributed by atoms with van der Waals surface area (Å²) >= 11 is 0. The Balaban J connectivity index is 2.35. The number of hydrogen-bond acceptors (Lipinski definition) is 4. The largest absolute Gasteiger partial charge is 0.360 e. The van der Waals surface area contributed by atoms with Crippen molar-refractivity contribution < 1.29 is 14.3 Å². The third-order valence-electron chi connectivity index (χ3n) is 2.29. The number of hydrogen-bond donors (Lipinski definition) is 3. The number of ether oxygens (including phenoxy) is 1.